The van der Waals surface area contributed by atoms with Gasteiger partial charge in [0.2, 0.25) is 0 Å². The quantitative estimate of drug-likeness (QED) is 0.262. The van der Waals surface area contributed by atoms with Crippen LogP contribution in [0.2, 0.25) is 0 Å². The maximum atomic E-state index is 12.0. The molecule has 11 heteroatoms. The molecule has 3 rings (SSSR count). The molecule has 0 unspecified atom stereocenters. The molecule has 1 N–H and O–H groups in total. The number of nitrogens with zero attached hydrogens (tertiary/aromatic N) is 2. The van der Waals surface area contributed by atoms with E-state index in [9.17, 15) is 23.1 Å². The van der Waals surface area contributed by atoms with Crippen LogP contribution in [-0.2, 0) is 16.1 Å². The number of aromatic carboxylic acids is 1. The minimum atomic E-state index is -4.33. The maximum Gasteiger partial charge on any atom is 0.411 e. The van der Waals surface area contributed by atoms with E-state index < -0.39 is 18.8 Å². The zero-order chi connectivity index (χ0) is 25.4. The normalized spacial score (nSPS) is 11.7. The fourth-order valence-corrected chi connectivity index (χ4v) is 4.11. The van der Waals surface area contributed by atoms with Gasteiger partial charge in [-0.05, 0) is 43.7 Å². The molecule has 0 atom stereocenters. The summed E-state index contributed by atoms with van der Waals surface area (Å²) in [4.78, 5) is 21.2. The largest absolute Gasteiger partial charge is 0.487 e. The van der Waals surface area contributed by atoms with Crippen molar-refractivity contribution in [3.8, 4) is 5.75 Å². The van der Waals surface area contributed by atoms with E-state index in [0.29, 0.717) is 29.0 Å². The number of halogens is 3. The molecule has 0 aliphatic heterocycles. The third-order valence-electron chi connectivity index (χ3n) is 4.89. The van der Waals surface area contributed by atoms with Gasteiger partial charge in [0.15, 0.2) is 0 Å². The van der Waals surface area contributed by atoms with E-state index in [2.05, 4.69) is 14.7 Å². The smallest absolute Gasteiger partial charge is 0.411 e. The van der Waals surface area contributed by atoms with Crippen molar-refractivity contribution in [2.24, 2.45) is 0 Å². The summed E-state index contributed by atoms with van der Waals surface area (Å²) in [5.74, 6) is 0.103. The number of carbonyl (C=O) groups is 1. The van der Waals surface area contributed by atoms with Gasteiger partial charge in [-0.1, -0.05) is 0 Å². The van der Waals surface area contributed by atoms with Crippen LogP contribution >= 0.6 is 11.8 Å². The van der Waals surface area contributed by atoms with Crippen molar-refractivity contribution in [3.05, 3.63) is 59.0 Å². The molecule has 0 aliphatic rings. The van der Waals surface area contributed by atoms with Crippen molar-refractivity contribution < 1.29 is 37.3 Å². The fraction of sp³-hybridized carbons (Fsp3) is 0.375. The predicted octanol–water partition coefficient (Wildman–Crippen LogP) is 5.21. The average molecular weight is 511 g/mol. The molecule has 0 aliphatic carbocycles. The Labute approximate surface area is 204 Å². The van der Waals surface area contributed by atoms with E-state index in [1.54, 1.807) is 36.2 Å². The second-order valence-corrected chi connectivity index (χ2v) is 8.73. The molecular weight excluding hydrogens is 485 g/mol. The first-order valence-electron chi connectivity index (χ1n) is 10.7. The van der Waals surface area contributed by atoms with Gasteiger partial charge in [0.25, 0.3) is 0 Å². The van der Waals surface area contributed by atoms with E-state index in [1.807, 2.05) is 19.9 Å². The van der Waals surface area contributed by atoms with Gasteiger partial charge in [0.1, 0.15) is 19.0 Å². The van der Waals surface area contributed by atoms with Gasteiger partial charge in [-0.3, -0.25) is 9.97 Å². The Morgan fingerprint density at radius 1 is 1.09 bits per heavy atom. The standard InChI is InChI=1S/C24H25F3N2O5S/c1-15-11-21(18-12-17(23(30)31)3-4-19(18)29-15)34-13-20-16(2)22(5-6-28-20)35-10-9-32-7-8-33-14-24(25,26)27/h3-6,11-12H,7-10,13-14H2,1-2H3,(H,30,31). The molecule has 0 saturated heterocycles. The average Bonchev–Trinajstić information content (AvgIpc) is 2.79. The van der Waals surface area contributed by atoms with Crippen LogP contribution < -0.4 is 4.74 Å². The Hall–Kier alpha value is -2.89. The molecule has 2 heterocycles. The Morgan fingerprint density at radius 3 is 2.60 bits per heavy atom. The van der Waals surface area contributed by atoms with Crippen molar-refractivity contribution in [2.45, 2.75) is 31.5 Å². The number of aryl methyl sites for hydroxylation is 1. The van der Waals surface area contributed by atoms with Crippen LogP contribution in [0.1, 0.15) is 27.3 Å². The van der Waals surface area contributed by atoms with E-state index in [-0.39, 0.29) is 25.4 Å². The van der Waals surface area contributed by atoms with Crippen molar-refractivity contribution in [1.82, 2.24) is 9.97 Å². The Bertz CT molecular complexity index is 1170. The highest BCUT2D eigenvalue weighted by Crippen LogP contribution is 2.29. The van der Waals surface area contributed by atoms with Gasteiger partial charge < -0.3 is 19.3 Å². The molecule has 0 radical (unpaired) electrons. The van der Waals surface area contributed by atoms with Gasteiger partial charge in [-0.15, -0.1) is 11.8 Å². The lowest BCUT2D eigenvalue weighted by atomic mass is 10.1. The first kappa shape index (κ1) is 26.7. The molecule has 188 valence electrons. The van der Waals surface area contributed by atoms with Gasteiger partial charge in [0, 0.05) is 34.0 Å². The third-order valence-corrected chi connectivity index (χ3v) is 6.02. The number of pyridine rings is 2. The molecule has 7 nitrogen and oxygen atoms in total. The number of alkyl halides is 3. The van der Waals surface area contributed by atoms with Gasteiger partial charge in [-0.25, -0.2) is 4.79 Å². The highest BCUT2D eigenvalue weighted by atomic mass is 32.2. The van der Waals surface area contributed by atoms with Gasteiger partial charge in [0.05, 0.1) is 36.6 Å². The molecule has 0 spiro atoms. The fourth-order valence-electron chi connectivity index (χ4n) is 3.20. The molecule has 2 aromatic heterocycles. The van der Waals surface area contributed by atoms with E-state index >= 15 is 0 Å². The van der Waals surface area contributed by atoms with Crippen LogP contribution in [0.4, 0.5) is 13.2 Å². The Kier molecular flexibility index (Phi) is 9.30. The number of hydrogen-bond acceptors (Lipinski definition) is 7. The summed E-state index contributed by atoms with van der Waals surface area (Å²) in [6.07, 6.45) is -2.65. The Morgan fingerprint density at radius 2 is 1.86 bits per heavy atom. The number of carboxylic acid groups (broad SMARTS) is 1. The predicted molar refractivity (Wildman–Crippen MR) is 125 cm³/mol. The molecule has 1 aromatic carbocycles. The van der Waals surface area contributed by atoms with Crippen molar-refractivity contribution >= 4 is 28.6 Å². The SMILES string of the molecule is Cc1cc(OCc2nccc(SCCOCCOCC(F)(F)F)c2C)c2cc(C(=O)O)ccc2n1. The zero-order valence-electron chi connectivity index (χ0n) is 19.2. The van der Waals surface area contributed by atoms with E-state index in [1.165, 1.54) is 6.07 Å². The lowest BCUT2D eigenvalue weighted by molar-refractivity contribution is -0.176. The number of hydrogen-bond donors (Lipinski definition) is 1. The van der Waals surface area contributed by atoms with E-state index in [4.69, 9.17) is 9.47 Å². The number of ether oxygens (including phenoxy) is 3. The van der Waals surface area contributed by atoms with Gasteiger partial charge in [-0.2, -0.15) is 13.2 Å². The third kappa shape index (κ3) is 8.08. The molecule has 0 amide bonds. The lowest BCUT2D eigenvalue weighted by Gasteiger charge is -2.13. The molecule has 0 bridgehead atoms. The summed E-state index contributed by atoms with van der Waals surface area (Å²) >= 11 is 1.54. The molecule has 35 heavy (non-hydrogen) atoms. The van der Waals surface area contributed by atoms with Crippen LogP contribution in [0.25, 0.3) is 10.9 Å². The number of benzene rings is 1. The molecule has 3 aromatic rings. The number of fused-ring (bicyclic) bond motifs is 1. The summed E-state index contributed by atoms with van der Waals surface area (Å²) in [6, 6.07) is 8.34. The number of carboxylic acids is 1. The summed E-state index contributed by atoms with van der Waals surface area (Å²) in [5, 5.41) is 9.91. The highest BCUT2D eigenvalue weighted by molar-refractivity contribution is 7.99. The van der Waals surface area contributed by atoms with Crippen LogP contribution in [-0.4, -0.2) is 59.4 Å². The molecule has 0 saturated carbocycles. The maximum absolute atomic E-state index is 12.0. The number of thioether (sulfide) groups is 1. The minimum absolute atomic E-state index is 0.0912. The van der Waals surface area contributed by atoms with Crippen LogP contribution in [0, 0.1) is 13.8 Å². The van der Waals surface area contributed by atoms with Crippen molar-refractivity contribution in [3.63, 3.8) is 0 Å². The Balaban J connectivity index is 1.56. The summed E-state index contributed by atoms with van der Waals surface area (Å²) in [7, 11) is 0. The van der Waals surface area contributed by atoms with Crippen molar-refractivity contribution in [1.29, 1.82) is 0 Å². The van der Waals surface area contributed by atoms with E-state index in [0.717, 1.165) is 21.8 Å². The zero-order valence-corrected chi connectivity index (χ0v) is 20.0. The van der Waals surface area contributed by atoms with Gasteiger partial charge >= 0.3 is 12.1 Å². The summed E-state index contributed by atoms with van der Waals surface area (Å²) < 4.78 is 51.9. The summed E-state index contributed by atoms with van der Waals surface area (Å²) in [5.41, 5.74) is 3.20. The number of rotatable bonds is 12. The second-order valence-electron chi connectivity index (χ2n) is 7.60. The highest BCUT2D eigenvalue weighted by Gasteiger charge is 2.27. The van der Waals surface area contributed by atoms with Crippen LogP contribution in [0.5, 0.6) is 5.75 Å². The minimum Gasteiger partial charge on any atom is -0.487 e. The van der Waals surface area contributed by atoms with Crippen LogP contribution in [0.15, 0.2) is 41.4 Å². The monoisotopic (exact) mass is 510 g/mol. The molecule has 0 fully saturated rings. The topological polar surface area (TPSA) is 90.8 Å². The second kappa shape index (κ2) is 12.2. The van der Waals surface area contributed by atoms with Crippen molar-refractivity contribution in [2.75, 3.05) is 32.2 Å². The first-order chi connectivity index (χ1) is 16.6. The van der Waals surface area contributed by atoms with Crippen LogP contribution in [0.3, 0.4) is 0 Å². The lowest BCUT2D eigenvalue weighted by Crippen LogP contribution is -2.19. The number of aromatic nitrogens is 2. The summed E-state index contributed by atoms with van der Waals surface area (Å²) in [6.45, 7) is 3.01. The first-order valence-corrected chi connectivity index (χ1v) is 11.7. The molecular formula is C24H25F3N2O5S.